The second-order valence-electron chi connectivity index (χ2n) is 15.8. The molecule has 5 heterocycles. The highest BCUT2D eigenvalue weighted by atomic mass is 16.2. The van der Waals surface area contributed by atoms with Gasteiger partial charge in [-0.15, -0.1) is 0 Å². The first-order valence-corrected chi connectivity index (χ1v) is 19.7. The lowest BCUT2D eigenvalue weighted by atomic mass is 9.90. The number of hydrogen-bond donors (Lipinski definition) is 2. The fourth-order valence-corrected chi connectivity index (χ4v) is 8.47. The summed E-state index contributed by atoms with van der Waals surface area (Å²) < 4.78 is 2.11. The molecular weight excluding hydrogens is 679 g/mol. The van der Waals surface area contributed by atoms with Gasteiger partial charge in [0.15, 0.2) is 6.29 Å². The van der Waals surface area contributed by atoms with Crippen molar-refractivity contribution < 1.29 is 14.4 Å². The molecule has 1 unspecified atom stereocenters. The number of carbonyl (C=O) groups is 3. The number of hydrogen-bond acceptors (Lipinski definition) is 10. The molecule has 1 saturated carbocycles. The summed E-state index contributed by atoms with van der Waals surface area (Å²) in [5.41, 5.74) is 5.89. The highest BCUT2D eigenvalue weighted by molar-refractivity contribution is 6.01. The van der Waals surface area contributed by atoms with Gasteiger partial charge in [-0.05, 0) is 107 Å². The van der Waals surface area contributed by atoms with Crippen molar-refractivity contribution in [1.82, 2.24) is 29.7 Å². The Bertz CT molecular complexity index is 1880. The van der Waals surface area contributed by atoms with Crippen LogP contribution in [0.2, 0.25) is 0 Å². The summed E-state index contributed by atoms with van der Waals surface area (Å²) >= 11 is 0. The molecule has 1 aliphatic carbocycles. The maximum atomic E-state index is 12.3. The fraction of sp³-hybridized carbons (Fsp3) is 0.500. The summed E-state index contributed by atoms with van der Waals surface area (Å²) in [5.74, 6) is 0.672. The Balaban J connectivity index is 0.00000107. The van der Waals surface area contributed by atoms with Crippen molar-refractivity contribution >= 4 is 52.1 Å². The largest absolute Gasteiger partial charge is 0.372 e. The van der Waals surface area contributed by atoms with Crippen LogP contribution in [-0.4, -0.2) is 109 Å². The van der Waals surface area contributed by atoms with Crippen LogP contribution >= 0.6 is 0 Å². The van der Waals surface area contributed by atoms with Gasteiger partial charge in [0.05, 0.1) is 11.6 Å². The highest BCUT2D eigenvalue weighted by Crippen LogP contribution is 2.34. The number of fused-ring (bicyclic) bond motifs is 1. The van der Waals surface area contributed by atoms with E-state index in [0.717, 1.165) is 87.2 Å². The summed E-state index contributed by atoms with van der Waals surface area (Å²) in [7, 11) is 6.00. The van der Waals surface area contributed by atoms with E-state index >= 15 is 0 Å². The number of imide groups is 1. The first-order valence-electron chi connectivity index (χ1n) is 19.7. The van der Waals surface area contributed by atoms with Gasteiger partial charge < -0.3 is 24.6 Å². The molecule has 8 rings (SSSR count). The third kappa shape index (κ3) is 8.93. The van der Waals surface area contributed by atoms with E-state index < -0.39 is 0 Å². The van der Waals surface area contributed by atoms with Gasteiger partial charge in [0.1, 0.15) is 5.65 Å². The van der Waals surface area contributed by atoms with E-state index in [2.05, 4.69) is 83.4 Å². The monoisotopic (exact) mass is 733 g/mol. The predicted octanol–water partition coefficient (Wildman–Crippen LogP) is 5.84. The molecule has 4 aliphatic rings. The van der Waals surface area contributed by atoms with E-state index in [0.29, 0.717) is 36.4 Å². The molecule has 2 aromatic carbocycles. The maximum absolute atomic E-state index is 12.3. The zero-order valence-corrected chi connectivity index (χ0v) is 32.0. The van der Waals surface area contributed by atoms with Crippen LogP contribution in [0.25, 0.3) is 11.0 Å². The van der Waals surface area contributed by atoms with E-state index in [4.69, 9.17) is 4.98 Å². The number of piperidine rings is 2. The fourth-order valence-electron chi connectivity index (χ4n) is 8.47. The molecule has 12 nitrogen and oxygen atoms in total. The zero-order valence-electron chi connectivity index (χ0n) is 32.0. The Kier molecular flexibility index (Phi) is 11.9. The minimum Gasteiger partial charge on any atom is -0.372 e. The number of nitrogens with one attached hydrogen (secondary N) is 2. The standard InChI is InChI=1S/C39H46N8O3.C3H9N/c48-26-34-23-29-24-40-39(43-37(29)47(34)33-3-1-2-4-33)41-30-7-11-32(12-8-30)46-21-19-44(20-22-46)25-27-15-17-45(18-16-27)31-9-5-28(6-10-31)35-13-14-36(49)42-38(35)50;1-4(2)3/h5-12,23-24,26-27,33,35H,1-4,13-22,25H2,(H,40,41,43)(H,42,49,50);1-3H3. The summed E-state index contributed by atoms with van der Waals surface area (Å²) in [5, 5.41) is 6.75. The quantitative estimate of drug-likeness (QED) is 0.161. The van der Waals surface area contributed by atoms with Gasteiger partial charge in [-0.2, -0.15) is 4.98 Å². The van der Waals surface area contributed by atoms with Crippen LogP contribution in [-0.2, 0) is 9.59 Å². The topological polar surface area (TPSA) is 119 Å². The van der Waals surface area contributed by atoms with E-state index in [-0.39, 0.29) is 17.7 Å². The van der Waals surface area contributed by atoms with Gasteiger partial charge in [-0.25, -0.2) is 4.98 Å². The first-order chi connectivity index (χ1) is 26.2. The van der Waals surface area contributed by atoms with Crippen molar-refractivity contribution in [3.05, 3.63) is 72.1 Å². The average Bonchev–Trinajstić information content (AvgIpc) is 3.84. The van der Waals surface area contributed by atoms with Crippen molar-refractivity contribution in [3.8, 4) is 0 Å². The summed E-state index contributed by atoms with van der Waals surface area (Å²) in [6.07, 6.45) is 10.7. The van der Waals surface area contributed by atoms with Gasteiger partial charge in [0.2, 0.25) is 17.8 Å². The van der Waals surface area contributed by atoms with E-state index in [1.54, 1.807) is 0 Å². The smallest absolute Gasteiger partial charge is 0.234 e. The second-order valence-corrected chi connectivity index (χ2v) is 15.8. The Morgan fingerprint density at radius 3 is 2.09 bits per heavy atom. The normalized spacial score (nSPS) is 20.3. The molecule has 0 spiro atoms. The highest BCUT2D eigenvalue weighted by Gasteiger charge is 2.29. The van der Waals surface area contributed by atoms with Crippen molar-refractivity contribution in [3.63, 3.8) is 0 Å². The molecule has 1 atom stereocenters. The number of benzene rings is 2. The predicted molar refractivity (Wildman–Crippen MR) is 215 cm³/mol. The van der Waals surface area contributed by atoms with Crippen LogP contribution in [0.4, 0.5) is 23.0 Å². The number of amides is 2. The number of rotatable bonds is 9. The lowest BCUT2D eigenvalue weighted by molar-refractivity contribution is -0.134. The number of aldehydes is 1. The zero-order chi connectivity index (χ0) is 37.6. The van der Waals surface area contributed by atoms with Crippen molar-refractivity contribution in [2.75, 3.05) is 82.1 Å². The Morgan fingerprint density at radius 2 is 1.46 bits per heavy atom. The molecule has 4 aromatic rings. The first kappa shape index (κ1) is 37.5. The molecule has 2 N–H and O–H groups in total. The lowest BCUT2D eigenvalue weighted by Gasteiger charge is -2.40. The SMILES string of the molecule is CN(C)C.O=Cc1cc2cnc(Nc3ccc(N4CCN(CC5CCN(c6ccc(C7CCC(=O)NC7=O)cc6)CC5)CC4)cc3)nc2n1C1CCCC1. The van der Waals surface area contributed by atoms with Crippen molar-refractivity contribution in [1.29, 1.82) is 0 Å². The van der Waals surface area contributed by atoms with E-state index in [1.807, 2.05) is 38.3 Å². The van der Waals surface area contributed by atoms with Crippen molar-refractivity contribution in [2.45, 2.75) is 63.3 Å². The number of anilines is 4. The molecule has 3 saturated heterocycles. The van der Waals surface area contributed by atoms with Gasteiger partial charge in [-0.1, -0.05) is 25.0 Å². The molecule has 3 aliphatic heterocycles. The van der Waals surface area contributed by atoms with Crippen LogP contribution in [0.1, 0.15) is 79.4 Å². The van der Waals surface area contributed by atoms with Crippen LogP contribution in [0, 0.1) is 5.92 Å². The van der Waals surface area contributed by atoms with Crippen LogP contribution in [0.3, 0.4) is 0 Å². The molecule has 0 bridgehead atoms. The van der Waals surface area contributed by atoms with Crippen molar-refractivity contribution in [2.24, 2.45) is 5.92 Å². The molecule has 2 amide bonds. The lowest BCUT2D eigenvalue weighted by Crippen LogP contribution is -2.49. The van der Waals surface area contributed by atoms with Crippen LogP contribution in [0.15, 0.2) is 60.8 Å². The summed E-state index contributed by atoms with van der Waals surface area (Å²) in [6.45, 7) is 7.42. The van der Waals surface area contributed by atoms with E-state index in [9.17, 15) is 14.4 Å². The minimum atomic E-state index is -0.231. The van der Waals surface area contributed by atoms with Crippen LogP contribution < -0.4 is 20.4 Å². The maximum Gasteiger partial charge on any atom is 0.234 e. The Morgan fingerprint density at radius 1 is 0.833 bits per heavy atom. The number of nitrogens with zero attached hydrogens (tertiary/aromatic N) is 7. The summed E-state index contributed by atoms with van der Waals surface area (Å²) in [6, 6.07) is 19.2. The molecular formula is C42H55N9O3. The van der Waals surface area contributed by atoms with Gasteiger partial charge in [0.25, 0.3) is 0 Å². The summed E-state index contributed by atoms with van der Waals surface area (Å²) in [4.78, 5) is 54.5. The third-order valence-electron chi connectivity index (χ3n) is 11.3. The van der Waals surface area contributed by atoms with Gasteiger partial charge in [0, 0.05) is 86.9 Å². The Labute approximate surface area is 318 Å². The molecule has 286 valence electrons. The molecule has 0 radical (unpaired) electrons. The molecule has 4 fully saturated rings. The third-order valence-corrected chi connectivity index (χ3v) is 11.3. The molecule has 12 heteroatoms. The minimum absolute atomic E-state index is 0.171. The average molecular weight is 734 g/mol. The number of carbonyl (C=O) groups excluding carboxylic acids is 3. The van der Waals surface area contributed by atoms with Gasteiger partial charge in [-0.3, -0.25) is 24.6 Å². The van der Waals surface area contributed by atoms with E-state index in [1.165, 1.54) is 37.1 Å². The molecule has 2 aromatic heterocycles. The second kappa shape index (κ2) is 17.1. The van der Waals surface area contributed by atoms with Crippen LogP contribution in [0.5, 0.6) is 0 Å². The van der Waals surface area contributed by atoms with Gasteiger partial charge >= 0.3 is 0 Å². The number of aromatic nitrogens is 3. The molecule has 54 heavy (non-hydrogen) atoms. The Hall–Kier alpha value is -4.81. The number of piperazine rings is 1.